The van der Waals surface area contributed by atoms with Crippen molar-refractivity contribution in [2.24, 2.45) is 0 Å². The second-order valence-electron chi connectivity index (χ2n) is 2.84. The molecule has 1 aromatic rings. The summed E-state index contributed by atoms with van der Waals surface area (Å²) < 4.78 is 5.63. The van der Waals surface area contributed by atoms with Crippen molar-refractivity contribution < 1.29 is 4.74 Å². The topological polar surface area (TPSA) is 9.23 Å². The maximum atomic E-state index is 5.63. The molecule has 0 aromatic heterocycles. The van der Waals surface area contributed by atoms with Crippen LogP contribution in [-0.4, -0.2) is 12.4 Å². The van der Waals surface area contributed by atoms with Crippen LogP contribution in [0.5, 0.6) is 0 Å². The molecule has 2 rings (SSSR count). The molecule has 1 aliphatic rings. The molecule has 0 bridgehead atoms. The van der Waals surface area contributed by atoms with Crippen LogP contribution in [0.2, 0.25) is 0 Å². The van der Waals surface area contributed by atoms with Gasteiger partial charge in [-0.15, -0.1) is 11.8 Å². The lowest BCUT2D eigenvalue weighted by Crippen LogP contribution is -2.09. The van der Waals surface area contributed by atoms with Gasteiger partial charge in [0.1, 0.15) is 5.44 Å². The highest BCUT2D eigenvalue weighted by molar-refractivity contribution is 7.99. The van der Waals surface area contributed by atoms with Crippen LogP contribution >= 0.6 is 11.8 Å². The summed E-state index contributed by atoms with van der Waals surface area (Å²) >= 11 is 1.89. The predicted octanol–water partition coefficient (Wildman–Crippen LogP) is 2.84. The zero-order chi connectivity index (χ0) is 8.23. The summed E-state index contributed by atoms with van der Waals surface area (Å²) in [7, 11) is 0. The van der Waals surface area contributed by atoms with E-state index in [-0.39, 0.29) is 5.44 Å². The maximum Gasteiger partial charge on any atom is 0.128 e. The molecule has 64 valence electrons. The van der Waals surface area contributed by atoms with Gasteiger partial charge in [-0.2, -0.15) is 0 Å². The molecule has 0 spiro atoms. The first-order chi connectivity index (χ1) is 5.97. The van der Waals surface area contributed by atoms with Gasteiger partial charge in [0.05, 0.1) is 0 Å². The zero-order valence-electron chi connectivity index (χ0n) is 6.90. The van der Waals surface area contributed by atoms with E-state index in [1.165, 1.54) is 17.7 Å². The third kappa shape index (κ3) is 1.82. The van der Waals surface area contributed by atoms with Gasteiger partial charge in [-0.3, -0.25) is 0 Å². The summed E-state index contributed by atoms with van der Waals surface area (Å²) in [6.45, 7) is 0.909. The SMILES string of the molecule is c1ccc([C@@H]2OCCCS2)cc1. The molecule has 1 aliphatic heterocycles. The fraction of sp³-hybridized carbons (Fsp3) is 0.400. The minimum absolute atomic E-state index is 0.278. The normalized spacial score (nSPS) is 23.8. The lowest BCUT2D eigenvalue weighted by atomic mass is 10.2. The van der Waals surface area contributed by atoms with Crippen molar-refractivity contribution in [1.29, 1.82) is 0 Å². The van der Waals surface area contributed by atoms with Gasteiger partial charge in [0, 0.05) is 6.61 Å². The quantitative estimate of drug-likeness (QED) is 0.657. The van der Waals surface area contributed by atoms with Crippen molar-refractivity contribution in [3.8, 4) is 0 Å². The third-order valence-electron chi connectivity index (χ3n) is 1.90. The smallest absolute Gasteiger partial charge is 0.128 e. The number of hydrogen-bond donors (Lipinski definition) is 0. The van der Waals surface area contributed by atoms with Gasteiger partial charge in [0.25, 0.3) is 0 Å². The highest BCUT2D eigenvalue weighted by atomic mass is 32.2. The zero-order valence-corrected chi connectivity index (χ0v) is 7.72. The van der Waals surface area contributed by atoms with E-state index < -0.39 is 0 Å². The van der Waals surface area contributed by atoms with Gasteiger partial charge < -0.3 is 4.74 Å². The third-order valence-corrected chi connectivity index (χ3v) is 3.13. The summed E-state index contributed by atoms with van der Waals surface area (Å²) in [6.07, 6.45) is 1.19. The van der Waals surface area contributed by atoms with Crippen LogP contribution < -0.4 is 0 Å². The predicted molar refractivity (Wildman–Crippen MR) is 52.2 cm³/mol. The van der Waals surface area contributed by atoms with Gasteiger partial charge in [-0.25, -0.2) is 0 Å². The Morgan fingerprint density at radius 3 is 2.75 bits per heavy atom. The van der Waals surface area contributed by atoms with E-state index in [0.717, 1.165) is 6.61 Å². The van der Waals surface area contributed by atoms with E-state index in [1.54, 1.807) is 0 Å². The summed E-state index contributed by atoms with van der Waals surface area (Å²) in [5.74, 6) is 1.22. The van der Waals surface area contributed by atoms with Crippen LogP contribution in [0.3, 0.4) is 0 Å². The van der Waals surface area contributed by atoms with Crippen molar-refractivity contribution in [3.63, 3.8) is 0 Å². The van der Waals surface area contributed by atoms with Gasteiger partial charge in [-0.05, 0) is 17.7 Å². The molecule has 0 radical (unpaired) electrons. The van der Waals surface area contributed by atoms with Crippen LogP contribution in [0.1, 0.15) is 17.4 Å². The number of rotatable bonds is 1. The fourth-order valence-electron chi connectivity index (χ4n) is 1.29. The molecule has 1 fully saturated rings. The summed E-state index contributed by atoms with van der Waals surface area (Å²) in [4.78, 5) is 0. The van der Waals surface area contributed by atoms with Crippen LogP contribution in [0, 0.1) is 0 Å². The lowest BCUT2D eigenvalue weighted by molar-refractivity contribution is 0.106. The largest absolute Gasteiger partial charge is 0.363 e. The van der Waals surface area contributed by atoms with E-state index in [9.17, 15) is 0 Å². The van der Waals surface area contributed by atoms with Crippen molar-refractivity contribution in [2.75, 3.05) is 12.4 Å². The van der Waals surface area contributed by atoms with Gasteiger partial charge >= 0.3 is 0 Å². The highest BCUT2D eigenvalue weighted by Crippen LogP contribution is 2.33. The van der Waals surface area contributed by atoms with Crippen LogP contribution in [-0.2, 0) is 4.74 Å². The minimum atomic E-state index is 0.278. The Kier molecular flexibility index (Phi) is 2.69. The van der Waals surface area contributed by atoms with Gasteiger partial charge in [-0.1, -0.05) is 30.3 Å². The second-order valence-corrected chi connectivity index (χ2v) is 4.01. The number of ether oxygens (including phenoxy) is 1. The monoisotopic (exact) mass is 180 g/mol. The maximum absolute atomic E-state index is 5.63. The van der Waals surface area contributed by atoms with Crippen molar-refractivity contribution in [3.05, 3.63) is 35.9 Å². The van der Waals surface area contributed by atoms with Gasteiger partial charge in [0.2, 0.25) is 0 Å². The molecule has 0 aliphatic carbocycles. The van der Waals surface area contributed by atoms with Crippen molar-refractivity contribution in [1.82, 2.24) is 0 Å². The molecule has 1 atom stereocenters. The minimum Gasteiger partial charge on any atom is -0.363 e. The Balaban J connectivity index is 2.08. The molecule has 0 amide bonds. The number of benzene rings is 1. The Bertz CT molecular complexity index is 229. The average molecular weight is 180 g/mol. The Morgan fingerprint density at radius 1 is 1.25 bits per heavy atom. The van der Waals surface area contributed by atoms with Crippen LogP contribution in [0.4, 0.5) is 0 Å². The molecule has 0 unspecified atom stereocenters. The molecule has 1 aromatic carbocycles. The van der Waals surface area contributed by atoms with E-state index in [0.29, 0.717) is 0 Å². The van der Waals surface area contributed by atoms with Crippen molar-refractivity contribution in [2.45, 2.75) is 11.9 Å². The Hall–Kier alpha value is -0.470. The first-order valence-electron chi connectivity index (χ1n) is 4.25. The molecule has 1 heterocycles. The van der Waals surface area contributed by atoms with Crippen LogP contribution in [0.15, 0.2) is 30.3 Å². The van der Waals surface area contributed by atoms with E-state index in [1.807, 2.05) is 17.8 Å². The first kappa shape index (κ1) is 8.14. The molecule has 12 heavy (non-hydrogen) atoms. The van der Waals surface area contributed by atoms with Crippen LogP contribution in [0.25, 0.3) is 0 Å². The second kappa shape index (κ2) is 3.97. The highest BCUT2D eigenvalue weighted by Gasteiger charge is 2.15. The van der Waals surface area contributed by atoms with E-state index in [2.05, 4.69) is 24.3 Å². The summed E-state index contributed by atoms with van der Waals surface area (Å²) in [5.41, 5.74) is 1.57. The van der Waals surface area contributed by atoms with Gasteiger partial charge in [0.15, 0.2) is 0 Å². The summed E-state index contributed by atoms with van der Waals surface area (Å²) in [5, 5.41) is 0. The van der Waals surface area contributed by atoms with E-state index >= 15 is 0 Å². The molecule has 1 nitrogen and oxygen atoms in total. The molecule has 0 N–H and O–H groups in total. The first-order valence-corrected chi connectivity index (χ1v) is 5.30. The fourth-order valence-corrected chi connectivity index (χ4v) is 2.33. The number of hydrogen-bond acceptors (Lipinski definition) is 2. The van der Waals surface area contributed by atoms with Crippen molar-refractivity contribution >= 4 is 11.8 Å². The van der Waals surface area contributed by atoms with E-state index in [4.69, 9.17) is 4.74 Å². The molecule has 0 saturated carbocycles. The average Bonchev–Trinajstić information content (AvgIpc) is 2.21. The molecule has 2 heteroatoms. The Labute approximate surface area is 77.1 Å². The Morgan fingerprint density at radius 2 is 2.08 bits per heavy atom. The molecular formula is C10H12OS. The standard InChI is InChI=1S/C10H12OS/c1-2-5-9(6-3-1)10-11-7-4-8-12-10/h1-3,5-6,10H,4,7-8H2/t10-/m1/s1. The summed E-state index contributed by atoms with van der Waals surface area (Å²) in [6, 6.07) is 10.4. The lowest BCUT2D eigenvalue weighted by Gasteiger charge is -2.22. The molecule has 1 saturated heterocycles. The molecular weight excluding hydrogens is 168 g/mol. The number of thioether (sulfide) groups is 1.